The van der Waals surface area contributed by atoms with Crippen molar-refractivity contribution in [3.05, 3.63) is 54.5 Å². The minimum absolute atomic E-state index is 0.218. The van der Waals surface area contributed by atoms with Crippen molar-refractivity contribution in [1.82, 2.24) is 0 Å². The molecule has 0 bridgehead atoms. The quantitative estimate of drug-likeness (QED) is 0.621. The Labute approximate surface area is 87.7 Å². The number of hydrogen-bond acceptors (Lipinski definition) is 0. The molecule has 75 valence electrons. The predicted molar refractivity (Wildman–Crippen MR) is 63.1 cm³/mol. The van der Waals surface area contributed by atoms with Gasteiger partial charge in [0.15, 0.2) is 0 Å². The van der Waals surface area contributed by atoms with Crippen LogP contribution in [0.15, 0.2) is 43.0 Å². The molecule has 0 aromatic heterocycles. The molecule has 0 aliphatic carbocycles. The van der Waals surface area contributed by atoms with E-state index in [1.165, 1.54) is 11.5 Å². The lowest BCUT2D eigenvalue weighted by molar-refractivity contribution is 0.438. The Kier molecular flexibility index (Phi) is 3.51. The molecule has 0 heteroatoms. The van der Waals surface area contributed by atoms with Crippen LogP contribution in [0, 0.1) is 11.3 Å². The smallest absolute Gasteiger partial charge is 0.0140 e. The summed E-state index contributed by atoms with van der Waals surface area (Å²) in [5, 5.41) is 0. The lowest BCUT2D eigenvalue weighted by Gasteiger charge is -2.29. The first-order valence-electron chi connectivity index (χ1n) is 5.08. The summed E-state index contributed by atoms with van der Waals surface area (Å²) >= 11 is 0. The molecule has 14 heavy (non-hydrogen) atoms. The van der Waals surface area contributed by atoms with Gasteiger partial charge in [0.05, 0.1) is 0 Å². The molecule has 0 atom stereocenters. The molecule has 0 unspecified atom stereocenters. The fraction of sp³-hybridized carbons (Fsp3) is 0.357. The van der Waals surface area contributed by atoms with Gasteiger partial charge in [-0.05, 0) is 17.4 Å². The van der Waals surface area contributed by atoms with Crippen LogP contribution in [0.25, 0.3) is 0 Å². The van der Waals surface area contributed by atoms with E-state index in [1.54, 1.807) is 0 Å². The van der Waals surface area contributed by atoms with Gasteiger partial charge >= 0.3 is 0 Å². The summed E-state index contributed by atoms with van der Waals surface area (Å²) in [6.07, 6.45) is 2.95. The Morgan fingerprint density at radius 3 is 2.21 bits per heavy atom. The average molecular weight is 187 g/mol. The van der Waals surface area contributed by atoms with Crippen molar-refractivity contribution >= 4 is 0 Å². The highest BCUT2D eigenvalue weighted by Crippen LogP contribution is 2.36. The lowest BCUT2D eigenvalue weighted by Crippen LogP contribution is -2.18. The van der Waals surface area contributed by atoms with E-state index in [0.717, 1.165) is 6.42 Å². The molecule has 0 heterocycles. The SMILES string of the molecule is C=CC[C](c1ccccc1)C(C)(C)C. The maximum absolute atomic E-state index is 3.82. The highest BCUT2D eigenvalue weighted by molar-refractivity contribution is 5.34. The molecule has 0 N–H and O–H groups in total. The van der Waals surface area contributed by atoms with Crippen LogP contribution in [0.1, 0.15) is 32.8 Å². The summed E-state index contributed by atoms with van der Waals surface area (Å²) in [6.45, 7) is 10.6. The second-order valence-corrected chi connectivity index (χ2v) is 4.59. The zero-order chi connectivity index (χ0) is 10.6. The van der Waals surface area contributed by atoms with Crippen LogP contribution in [0.2, 0.25) is 0 Å². The fourth-order valence-electron chi connectivity index (χ4n) is 1.64. The van der Waals surface area contributed by atoms with Crippen molar-refractivity contribution in [3.63, 3.8) is 0 Å². The molecule has 0 aliphatic rings. The van der Waals surface area contributed by atoms with E-state index >= 15 is 0 Å². The number of hydrogen-bond donors (Lipinski definition) is 0. The van der Waals surface area contributed by atoms with E-state index in [4.69, 9.17) is 0 Å². The molecule has 0 nitrogen and oxygen atoms in total. The maximum atomic E-state index is 3.82. The Balaban J connectivity index is 2.95. The molecule has 1 rings (SSSR count). The van der Waals surface area contributed by atoms with Crippen LogP contribution in [0.5, 0.6) is 0 Å². The first-order valence-corrected chi connectivity index (χ1v) is 5.08. The highest BCUT2D eigenvalue weighted by atomic mass is 14.3. The zero-order valence-electron chi connectivity index (χ0n) is 9.38. The van der Waals surface area contributed by atoms with Crippen LogP contribution in [0.3, 0.4) is 0 Å². The maximum Gasteiger partial charge on any atom is 0.0140 e. The van der Waals surface area contributed by atoms with Crippen LogP contribution in [0.4, 0.5) is 0 Å². The van der Waals surface area contributed by atoms with Gasteiger partial charge < -0.3 is 0 Å². The Hall–Kier alpha value is -1.04. The van der Waals surface area contributed by atoms with Gasteiger partial charge in [-0.25, -0.2) is 0 Å². The van der Waals surface area contributed by atoms with Gasteiger partial charge in [-0.2, -0.15) is 0 Å². The molecule has 1 aromatic carbocycles. The van der Waals surface area contributed by atoms with Crippen molar-refractivity contribution in [3.8, 4) is 0 Å². The first-order chi connectivity index (χ1) is 6.55. The zero-order valence-corrected chi connectivity index (χ0v) is 9.38. The summed E-state index contributed by atoms with van der Waals surface area (Å²) in [6, 6.07) is 10.6. The van der Waals surface area contributed by atoms with E-state index in [2.05, 4.69) is 57.7 Å². The summed E-state index contributed by atoms with van der Waals surface area (Å²) in [5.41, 5.74) is 1.55. The van der Waals surface area contributed by atoms with Gasteiger partial charge in [0.1, 0.15) is 0 Å². The molecule has 0 aliphatic heterocycles. The van der Waals surface area contributed by atoms with Crippen LogP contribution in [-0.4, -0.2) is 0 Å². The minimum atomic E-state index is 0.218. The van der Waals surface area contributed by atoms with E-state index in [-0.39, 0.29) is 5.41 Å². The van der Waals surface area contributed by atoms with E-state index < -0.39 is 0 Å². The van der Waals surface area contributed by atoms with E-state index in [1.807, 2.05) is 6.08 Å². The third-order valence-corrected chi connectivity index (χ3v) is 2.38. The summed E-state index contributed by atoms with van der Waals surface area (Å²) in [5.74, 6) is 1.45. The average Bonchev–Trinajstić information content (AvgIpc) is 2.14. The molecule has 0 saturated heterocycles. The fourth-order valence-corrected chi connectivity index (χ4v) is 1.64. The van der Waals surface area contributed by atoms with Gasteiger partial charge in [-0.3, -0.25) is 0 Å². The van der Waals surface area contributed by atoms with Gasteiger partial charge in [-0.15, -0.1) is 6.58 Å². The molecule has 0 spiro atoms. The van der Waals surface area contributed by atoms with Crippen molar-refractivity contribution in [1.29, 1.82) is 0 Å². The van der Waals surface area contributed by atoms with Crippen LogP contribution in [-0.2, 0) is 0 Å². The van der Waals surface area contributed by atoms with Crippen molar-refractivity contribution < 1.29 is 0 Å². The number of benzene rings is 1. The second-order valence-electron chi connectivity index (χ2n) is 4.59. The second kappa shape index (κ2) is 4.45. The van der Waals surface area contributed by atoms with Gasteiger partial charge in [0.25, 0.3) is 0 Å². The molecular formula is C14H19. The van der Waals surface area contributed by atoms with Crippen LogP contribution < -0.4 is 0 Å². The highest BCUT2D eigenvalue weighted by Gasteiger charge is 2.25. The van der Waals surface area contributed by atoms with Crippen LogP contribution >= 0.6 is 0 Å². The Morgan fingerprint density at radius 1 is 1.21 bits per heavy atom. The minimum Gasteiger partial charge on any atom is -0.103 e. The van der Waals surface area contributed by atoms with E-state index in [0.29, 0.717) is 0 Å². The third kappa shape index (κ3) is 2.73. The molecule has 1 radical (unpaired) electrons. The molecular weight excluding hydrogens is 168 g/mol. The Morgan fingerprint density at radius 2 is 1.79 bits per heavy atom. The first kappa shape index (κ1) is 11.0. The van der Waals surface area contributed by atoms with Gasteiger partial charge in [-0.1, -0.05) is 57.2 Å². The number of rotatable bonds is 3. The van der Waals surface area contributed by atoms with Gasteiger partial charge in [0.2, 0.25) is 0 Å². The normalized spacial score (nSPS) is 11.7. The number of allylic oxidation sites excluding steroid dienone is 1. The van der Waals surface area contributed by atoms with Crippen molar-refractivity contribution in [2.45, 2.75) is 27.2 Å². The monoisotopic (exact) mass is 187 g/mol. The Bertz CT molecular complexity index is 277. The van der Waals surface area contributed by atoms with Crippen molar-refractivity contribution in [2.75, 3.05) is 0 Å². The topological polar surface area (TPSA) is 0 Å². The summed E-state index contributed by atoms with van der Waals surface area (Å²) in [7, 11) is 0. The standard InChI is InChI=1S/C14H19/c1-5-9-13(14(2,3)4)12-10-7-6-8-11-12/h5-8,10-11H,1,9H2,2-4H3. The molecule has 0 saturated carbocycles. The molecule has 0 fully saturated rings. The lowest BCUT2D eigenvalue weighted by atomic mass is 9.75. The molecule has 0 amide bonds. The predicted octanol–water partition coefficient (Wildman–Crippen LogP) is 4.23. The molecule has 1 aromatic rings. The third-order valence-electron chi connectivity index (χ3n) is 2.38. The van der Waals surface area contributed by atoms with Gasteiger partial charge in [0, 0.05) is 5.92 Å². The van der Waals surface area contributed by atoms with Crippen molar-refractivity contribution in [2.24, 2.45) is 5.41 Å². The van der Waals surface area contributed by atoms with E-state index in [9.17, 15) is 0 Å². The summed E-state index contributed by atoms with van der Waals surface area (Å²) in [4.78, 5) is 0. The largest absolute Gasteiger partial charge is 0.103 e. The summed E-state index contributed by atoms with van der Waals surface area (Å²) < 4.78 is 0.